The van der Waals surface area contributed by atoms with Gasteiger partial charge in [-0.25, -0.2) is 4.98 Å². The fraction of sp³-hybridized carbons (Fsp3) is 0.429. The molecule has 3 aromatic rings. The van der Waals surface area contributed by atoms with Crippen LogP contribution in [0.4, 0.5) is 0 Å². The zero-order chi connectivity index (χ0) is 18.6. The first-order chi connectivity index (χ1) is 13.2. The van der Waals surface area contributed by atoms with E-state index in [0.29, 0.717) is 12.5 Å². The smallest absolute Gasteiger partial charge is 0.226 e. The summed E-state index contributed by atoms with van der Waals surface area (Å²) in [5, 5.41) is 5.27. The molecule has 2 aromatic heterocycles. The van der Waals surface area contributed by atoms with E-state index in [1.54, 1.807) is 18.4 Å². The Kier molecular flexibility index (Phi) is 5.43. The van der Waals surface area contributed by atoms with Gasteiger partial charge in [-0.1, -0.05) is 25.7 Å². The largest absolute Gasteiger partial charge is 0.497 e. The van der Waals surface area contributed by atoms with Gasteiger partial charge in [0.1, 0.15) is 5.75 Å². The molecule has 0 aliphatic heterocycles. The molecule has 5 nitrogen and oxygen atoms in total. The summed E-state index contributed by atoms with van der Waals surface area (Å²) in [4.78, 5) is 18.1. The highest BCUT2D eigenvalue weighted by atomic mass is 32.1. The zero-order valence-electron chi connectivity index (χ0n) is 15.6. The second-order valence-electron chi connectivity index (χ2n) is 7.17. The van der Waals surface area contributed by atoms with Gasteiger partial charge in [-0.2, -0.15) is 0 Å². The molecule has 2 heterocycles. The third-order valence-electron chi connectivity index (χ3n) is 5.23. The normalized spacial score (nSPS) is 15.6. The molecule has 1 fully saturated rings. The lowest BCUT2D eigenvalue weighted by molar-refractivity contribution is -0.121. The molecule has 0 radical (unpaired) electrons. The Labute approximate surface area is 163 Å². The molecule has 1 saturated carbocycles. The van der Waals surface area contributed by atoms with E-state index < -0.39 is 0 Å². The lowest BCUT2D eigenvalue weighted by Crippen LogP contribution is -2.35. The molecule has 1 N–H and O–H groups in total. The number of imidazole rings is 1. The summed E-state index contributed by atoms with van der Waals surface area (Å²) in [6.07, 6.45) is 9.66. The summed E-state index contributed by atoms with van der Waals surface area (Å²) in [7, 11) is 1.66. The standard InChI is InChI=1S/C21H25N3O2S/c1-26-18-10-8-15(9-11-18)19-13-24-17(14-27-21(24)23-19)12-20(25)22-16-6-4-2-3-5-7-16/h8-11,13-14,16H,2-7,12H2,1H3,(H,22,25). The molecule has 142 valence electrons. The van der Waals surface area contributed by atoms with Gasteiger partial charge in [0, 0.05) is 28.9 Å². The Hall–Kier alpha value is -2.34. The molecule has 6 heteroatoms. The zero-order valence-corrected chi connectivity index (χ0v) is 16.4. The van der Waals surface area contributed by atoms with E-state index in [0.717, 1.165) is 40.5 Å². The third-order valence-corrected chi connectivity index (χ3v) is 6.12. The first-order valence-electron chi connectivity index (χ1n) is 9.62. The monoisotopic (exact) mass is 383 g/mol. The molecular weight excluding hydrogens is 358 g/mol. The highest BCUT2D eigenvalue weighted by Crippen LogP contribution is 2.25. The van der Waals surface area contributed by atoms with E-state index in [-0.39, 0.29) is 5.91 Å². The van der Waals surface area contributed by atoms with Crippen molar-refractivity contribution in [3.8, 4) is 17.0 Å². The number of benzene rings is 1. The SMILES string of the molecule is COc1ccc(-c2cn3c(CC(=O)NC4CCCCCC4)csc3n2)cc1. The first kappa shape index (κ1) is 18.0. The highest BCUT2D eigenvalue weighted by Gasteiger charge is 2.17. The number of methoxy groups -OCH3 is 1. The van der Waals surface area contributed by atoms with Crippen LogP contribution in [0.5, 0.6) is 5.75 Å². The maximum absolute atomic E-state index is 12.5. The number of rotatable bonds is 5. The molecule has 1 amide bonds. The highest BCUT2D eigenvalue weighted by molar-refractivity contribution is 7.15. The van der Waals surface area contributed by atoms with Crippen LogP contribution in [0.15, 0.2) is 35.8 Å². The second kappa shape index (κ2) is 8.13. The van der Waals surface area contributed by atoms with Crippen molar-refractivity contribution in [3.05, 3.63) is 41.5 Å². The van der Waals surface area contributed by atoms with Crippen LogP contribution in [0.2, 0.25) is 0 Å². The number of nitrogens with one attached hydrogen (secondary N) is 1. The molecule has 0 atom stereocenters. The van der Waals surface area contributed by atoms with Crippen molar-refractivity contribution >= 4 is 22.2 Å². The average Bonchev–Trinajstić information content (AvgIpc) is 3.16. The van der Waals surface area contributed by atoms with E-state index in [9.17, 15) is 4.79 Å². The van der Waals surface area contributed by atoms with Crippen molar-refractivity contribution in [2.45, 2.75) is 51.0 Å². The van der Waals surface area contributed by atoms with Crippen LogP contribution in [-0.2, 0) is 11.2 Å². The predicted octanol–water partition coefficient (Wildman–Crippen LogP) is 4.45. The maximum atomic E-state index is 12.5. The van der Waals surface area contributed by atoms with Crippen LogP contribution in [-0.4, -0.2) is 28.4 Å². The quantitative estimate of drug-likeness (QED) is 0.662. The summed E-state index contributed by atoms with van der Waals surface area (Å²) in [5.74, 6) is 0.942. The number of aromatic nitrogens is 2. The summed E-state index contributed by atoms with van der Waals surface area (Å²) < 4.78 is 7.25. The summed E-state index contributed by atoms with van der Waals surface area (Å²) >= 11 is 1.58. The van der Waals surface area contributed by atoms with Gasteiger partial charge in [0.2, 0.25) is 5.91 Å². The minimum absolute atomic E-state index is 0.112. The molecule has 0 saturated heterocycles. The third kappa shape index (κ3) is 4.16. The lowest BCUT2D eigenvalue weighted by atomic mass is 10.1. The molecule has 27 heavy (non-hydrogen) atoms. The summed E-state index contributed by atoms with van der Waals surface area (Å²) in [6.45, 7) is 0. The number of hydrogen-bond donors (Lipinski definition) is 1. The number of hydrogen-bond acceptors (Lipinski definition) is 4. The van der Waals surface area contributed by atoms with Crippen LogP contribution >= 0.6 is 11.3 Å². The van der Waals surface area contributed by atoms with E-state index in [4.69, 9.17) is 9.72 Å². The second-order valence-corrected chi connectivity index (χ2v) is 8.00. The molecule has 0 spiro atoms. The van der Waals surface area contributed by atoms with Crippen molar-refractivity contribution in [2.75, 3.05) is 7.11 Å². The summed E-state index contributed by atoms with van der Waals surface area (Å²) in [6, 6.07) is 8.22. The van der Waals surface area contributed by atoms with Crippen molar-refractivity contribution in [3.63, 3.8) is 0 Å². The van der Waals surface area contributed by atoms with Gasteiger partial charge >= 0.3 is 0 Å². The minimum atomic E-state index is 0.112. The van der Waals surface area contributed by atoms with Gasteiger partial charge in [-0.3, -0.25) is 9.20 Å². The van der Waals surface area contributed by atoms with E-state index in [1.807, 2.05) is 40.2 Å². The van der Waals surface area contributed by atoms with E-state index >= 15 is 0 Å². The maximum Gasteiger partial charge on any atom is 0.226 e. The van der Waals surface area contributed by atoms with E-state index in [2.05, 4.69) is 5.32 Å². The van der Waals surface area contributed by atoms with Gasteiger partial charge in [-0.15, -0.1) is 11.3 Å². The summed E-state index contributed by atoms with van der Waals surface area (Å²) in [5.41, 5.74) is 2.95. The first-order valence-corrected chi connectivity index (χ1v) is 10.5. The molecule has 0 unspecified atom stereocenters. The fourth-order valence-electron chi connectivity index (χ4n) is 3.72. The predicted molar refractivity (Wildman–Crippen MR) is 108 cm³/mol. The fourth-order valence-corrected chi connectivity index (χ4v) is 4.60. The Bertz CT molecular complexity index is 905. The van der Waals surface area contributed by atoms with Crippen LogP contribution in [0, 0.1) is 0 Å². The van der Waals surface area contributed by atoms with Crippen molar-refractivity contribution in [2.24, 2.45) is 0 Å². The molecule has 0 bridgehead atoms. The molecule has 1 aliphatic carbocycles. The van der Waals surface area contributed by atoms with Crippen molar-refractivity contribution in [1.82, 2.24) is 14.7 Å². The Morgan fingerprint density at radius 3 is 2.67 bits per heavy atom. The number of thiazole rings is 1. The Morgan fingerprint density at radius 2 is 1.96 bits per heavy atom. The van der Waals surface area contributed by atoms with Crippen molar-refractivity contribution < 1.29 is 9.53 Å². The topological polar surface area (TPSA) is 55.6 Å². The van der Waals surface area contributed by atoms with Gasteiger partial charge in [0.05, 0.1) is 19.2 Å². The number of fused-ring (bicyclic) bond motifs is 1. The van der Waals surface area contributed by atoms with Crippen LogP contribution < -0.4 is 10.1 Å². The number of nitrogens with zero attached hydrogens (tertiary/aromatic N) is 2. The number of carbonyl (C=O) groups is 1. The Balaban J connectivity index is 1.47. The average molecular weight is 384 g/mol. The van der Waals surface area contributed by atoms with Gasteiger partial charge in [-0.05, 0) is 37.1 Å². The number of ether oxygens (including phenoxy) is 1. The Morgan fingerprint density at radius 1 is 1.22 bits per heavy atom. The molecular formula is C21H25N3O2S. The van der Waals surface area contributed by atoms with E-state index in [1.165, 1.54) is 25.7 Å². The minimum Gasteiger partial charge on any atom is -0.497 e. The van der Waals surface area contributed by atoms with Gasteiger partial charge < -0.3 is 10.1 Å². The molecule has 4 rings (SSSR count). The van der Waals surface area contributed by atoms with Crippen LogP contribution in [0.3, 0.4) is 0 Å². The lowest BCUT2D eigenvalue weighted by Gasteiger charge is -2.15. The van der Waals surface area contributed by atoms with Crippen LogP contribution in [0.1, 0.15) is 44.2 Å². The number of carbonyl (C=O) groups excluding carboxylic acids is 1. The molecule has 1 aliphatic rings. The molecule has 1 aromatic carbocycles. The van der Waals surface area contributed by atoms with Crippen molar-refractivity contribution in [1.29, 1.82) is 0 Å². The van der Waals surface area contributed by atoms with Crippen LogP contribution in [0.25, 0.3) is 16.2 Å². The van der Waals surface area contributed by atoms with Gasteiger partial charge in [0.15, 0.2) is 4.96 Å². The van der Waals surface area contributed by atoms with Gasteiger partial charge in [0.25, 0.3) is 0 Å². The number of amides is 1.